The van der Waals surface area contributed by atoms with E-state index in [1.165, 1.54) is 12.3 Å². The summed E-state index contributed by atoms with van der Waals surface area (Å²) in [4.78, 5) is 12.5. The van der Waals surface area contributed by atoms with Crippen molar-refractivity contribution in [2.24, 2.45) is 0 Å². The topological polar surface area (TPSA) is 95.2 Å². The van der Waals surface area contributed by atoms with Crippen molar-refractivity contribution in [2.45, 2.75) is 48.9 Å². The standard InChI is InChI=1S/C18H19BrFN3O3S/c19-8-10-7-15(26-9-10)27(21,25)23-18(24)22-17-13-5-1-3-11(13)16(20)12-4-2-6-14(12)17/h7,9H,1-6,8H2,(H3,21,22,23,24,25). The Morgan fingerprint density at radius 3 is 2.33 bits per heavy atom. The number of benzene rings is 1. The predicted molar refractivity (Wildman–Crippen MR) is 103 cm³/mol. The molecular weight excluding hydrogens is 437 g/mol. The highest BCUT2D eigenvalue weighted by Crippen LogP contribution is 2.40. The Kier molecular flexibility index (Phi) is 4.75. The molecule has 144 valence electrons. The number of urea groups is 1. The molecule has 1 heterocycles. The van der Waals surface area contributed by atoms with Gasteiger partial charge < -0.3 is 9.73 Å². The fraction of sp³-hybridized carbons (Fsp3) is 0.389. The number of fused-ring (bicyclic) bond motifs is 2. The summed E-state index contributed by atoms with van der Waals surface area (Å²) >= 11 is 3.25. The fourth-order valence-corrected chi connectivity index (χ4v) is 5.14. The van der Waals surface area contributed by atoms with Crippen LogP contribution >= 0.6 is 15.9 Å². The first-order valence-corrected chi connectivity index (χ1v) is 11.4. The van der Waals surface area contributed by atoms with Gasteiger partial charge in [0.05, 0.1) is 6.26 Å². The highest BCUT2D eigenvalue weighted by atomic mass is 79.9. The minimum absolute atomic E-state index is 0.110. The lowest BCUT2D eigenvalue weighted by Gasteiger charge is -2.17. The van der Waals surface area contributed by atoms with Gasteiger partial charge in [-0.05, 0) is 66.8 Å². The van der Waals surface area contributed by atoms with E-state index in [9.17, 15) is 13.4 Å². The van der Waals surface area contributed by atoms with Crippen LogP contribution in [0, 0.1) is 10.6 Å². The minimum atomic E-state index is -3.63. The first kappa shape index (κ1) is 18.5. The second kappa shape index (κ2) is 6.94. The number of carbonyl (C=O) groups is 1. The number of alkyl halides is 1. The zero-order valence-corrected chi connectivity index (χ0v) is 16.9. The fourth-order valence-electron chi connectivity index (χ4n) is 3.93. The van der Waals surface area contributed by atoms with Crippen LogP contribution in [0.3, 0.4) is 0 Å². The number of amides is 2. The molecule has 6 nitrogen and oxygen atoms in total. The third kappa shape index (κ3) is 3.27. The average Bonchev–Trinajstić information content (AvgIpc) is 3.38. The maximum absolute atomic E-state index is 14.7. The summed E-state index contributed by atoms with van der Waals surface area (Å²) in [5.74, 6) is -0.122. The molecule has 2 aliphatic rings. The third-order valence-corrected chi connectivity index (χ3v) is 7.01. The van der Waals surface area contributed by atoms with E-state index in [-0.39, 0.29) is 10.9 Å². The Morgan fingerprint density at radius 1 is 1.19 bits per heavy atom. The zero-order valence-electron chi connectivity index (χ0n) is 14.5. The van der Waals surface area contributed by atoms with E-state index < -0.39 is 15.9 Å². The third-order valence-electron chi connectivity index (χ3n) is 5.11. The molecule has 27 heavy (non-hydrogen) atoms. The summed E-state index contributed by atoms with van der Waals surface area (Å²) in [6, 6.07) is 0.721. The van der Waals surface area contributed by atoms with Crippen molar-refractivity contribution in [1.82, 2.24) is 4.72 Å². The summed E-state index contributed by atoms with van der Waals surface area (Å²) in [5.41, 5.74) is 4.39. The van der Waals surface area contributed by atoms with Gasteiger partial charge in [-0.15, -0.1) is 0 Å². The maximum atomic E-state index is 14.7. The molecule has 0 radical (unpaired) electrons. The largest absolute Gasteiger partial charge is 0.452 e. The Hall–Kier alpha value is -1.87. The number of carbonyl (C=O) groups excluding carboxylic acids is 1. The Morgan fingerprint density at radius 2 is 1.78 bits per heavy atom. The highest BCUT2D eigenvalue weighted by Gasteiger charge is 2.30. The molecule has 0 saturated carbocycles. The molecule has 0 fully saturated rings. The van der Waals surface area contributed by atoms with Gasteiger partial charge >= 0.3 is 6.03 Å². The average molecular weight is 456 g/mol. The summed E-state index contributed by atoms with van der Waals surface area (Å²) in [7, 11) is -3.63. The van der Waals surface area contributed by atoms with Crippen molar-refractivity contribution >= 4 is 37.6 Å². The van der Waals surface area contributed by atoms with Gasteiger partial charge in [-0.3, -0.25) is 0 Å². The molecule has 1 aromatic carbocycles. The van der Waals surface area contributed by atoms with Crippen molar-refractivity contribution in [1.29, 1.82) is 4.78 Å². The minimum Gasteiger partial charge on any atom is -0.452 e. The Labute approximate surface area is 165 Å². The van der Waals surface area contributed by atoms with Crippen molar-refractivity contribution in [3.05, 3.63) is 46.0 Å². The number of nitrogens with one attached hydrogen (secondary N) is 3. The van der Waals surface area contributed by atoms with Crippen molar-refractivity contribution < 1.29 is 17.8 Å². The quantitative estimate of drug-likeness (QED) is 0.594. The number of rotatable bonds is 4. The number of halogens is 2. The van der Waals surface area contributed by atoms with E-state index >= 15 is 0 Å². The van der Waals surface area contributed by atoms with Crippen LogP contribution in [0.2, 0.25) is 0 Å². The molecule has 2 amide bonds. The van der Waals surface area contributed by atoms with Gasteiger partial charge in [0.15, 0.2) is 9.92 Å². The van der Waals surface area contributed by atoms with E-state index in [4.69, 9.17) is 9.20 Å². The summed E-state index contributed by atoms with van der Waals surface area (Å²) in [6.07, 6.45) is 5.84. The van der Waals surface area contributed by atoms with Gasteiger partial charge in [0.2, 0.25) is 5.09 Å². The van der Waals surface area contributed by atoms with Gasteiger partial charge in [0.1, 0.15) is 5.82 Å². The van der Waals surface area contributed by atoms with Crippen molar-refractivity contribution in [2.75, 3.05) is 5.32 Å². The van der Waals surface area contributed by atoms with Crippen LogP contribution in [0.4, 0.5) is 14.9 Å². The van der Waals surface area contributed by atoms with Crippen LogP contribution in [-0.4, -0.2) is 10.2 Å². The first-order valence-electron chi connectivity index (χ1n) is 8.76. The highest BCUT2D eigenvalue weighted by molar-refractivity contribution is 9.08. The number of furan rings is 1. The van der Waals surface area contributed by atoms with E-state index in [1.54, 1.807) is 0 Å². The van der Waals surface area contributed by atoms with Crippen LogP contribution < -0.4 is 10.0 Å². The van der Waals surface area contributed by atoms with Crippen LogP contribution in [0.15, 0.2) is 21.8 Å². The van der Waals surface area contributed by atoms with Gasteiger partial charge in [-0.2, -0.15) is 0 Å². The molecule has 4 rings (SSSR count). The van der Waals surface area contributed by atoms with Gasteiger partial charge in [-0.25, -0.2) is 22.9 Å². The molecule has 3 N–H and O–H groups in total. The second-order valence-corrected chi connectivity index (χ2v) is 9.11. The van der Waals surface area contributed by atoms with Crippen LogP contribution in [-0.2, 0) is 40.9 Å². The molecule has 2 aromatic rings. The van der Waals surface area contributed by atoms with Crippen LogP contribution in [0.1, 0.15) is 40.7 Å². The molecular formula is C18H19BrFN3O3S. The van der Waals surface area contributed by atoms with E-state index in [1.807, 2.05) is 0 Å². The van der Waals surface area contributed by atoms with Gasteiger partial charge in [-0.1, -0.05) is 15.9 Å². The lowest BCUT2D eigenvalue weighted by atomic mass is 9.98. The number of hydrogen-bond acceptors (Lipinski definition) is 4. The molecule has 0 aliphatic heterocycles. The van der Waals surface area contributed by atoms with E-state index in [2.05, 4.69) is 26.0 Å². The molecule has 0 saturated heterocycles. The SMILES string of the molecule is N=S(=O)(NC(=O)Nc1c2c(c(F)c3c1CCC3)CCC2)c1cc(CBr)co1. The van der Waals surface area contributed by atoms with E-state index in [0.717, 1.165) is 29.5 Å². The summed E-state index contributed by atoms with van der Waals surface area (Å²) < 4.78 is 42.6. The Balaban J connectivity index is 1.61. The molecule has 1 aromatic heterocycles. The maximum Gasteiger partial charge on any atom is 0.332 e. The van der Waals surface area contributed by atoms with Gasteiger partial charge in [0, 0.05) is 16.6 Å². The number of hydrogen-bond donors (Lipinski definition) is 3. The second-order valence-electron chi connectivity index (χ2n) is 6.83. The number of anilines is 1. The molecule has 1 unspecified atom stereocenters. The van der Waals surface area contributed by atoms with Gasteiger partial charge in [0.25, 0.3) is 0 Å². The molecule has 9 heteroatoms. The zero-order chi connectivity index (χ0) is 19.2. The van der Waals surface area contributed by atoms with Crippen LogP contribution in [0.5, 0.6) is 0 Å². The lowest BCUT2D eigenvalue weighted by molar-refractivity contribution is 0.256. The monoisotopic (exact) mass is 455 g/mol. The summed E-state index contributed by atoms with van der Waals surface area (Å²) in [6.45, 7) is 0. The first-order chi connectivity index (χ1) is 12.9. The molecule has 1 atom stereocenters. The van der Waals surface area contributed by atoms with Crippen molar-refractivity contribution in [3.63, 3.8) is 0 Å². The predicted octanol–water partition coefficient (Wildman–Crippen LogP) is 4.43. The van der Waals surface area contributed by atoms with Crippen LogP contribution in [0.25, 0.3) is 0 Å². The molecule has 0 spiro atoms. The Bertz CT molecular complexity index is 998. The molecule has 0 bridgehead atoms. The van der Waals surface area contributed by atoms with E-state index in [0.29, 0.717) is 47.8 Å². The van der Waals surface area contributed by atoms with Crippen molar-refractivity contribution in [3.8, 4) is 0 Å². The summed E-state index contributed by atoms with van der Waals surface area (Å²) in [5, 5.41) is 3.13. The normalized spacial score (nSPS) is 17.3. The smallest absolute Gasteiger partial charge is 0.332 e. The lowest BCUT2D eigenvalue weighted by Crippen LogP contribution is -2.34. The molecule has 2 aliphatic carbocycles.